The number of methoxy groups -OCH3 is 2. The third-order valence-electron chi connectivity index (χ3n) is 5.36. The van der Waals surface area contributed by atoms with E-state index < -0.39 is 11.9 Å². The minimum Gasteiger partial charge on any atom is -0.497 e. The van der Waals surface area contributed by atoms with Crippen molar-refractivity contribution in [3.63, 3.8) is 0 Å². The number of carbonyl (C=O) groups excluding carboxylic acids is 2. The summed E-state index contributed by atoms with van der Waals surface area (Å²) in [5, 5.41) is 5.66. The van der Waals surface area contributed by atoms with E-state index in [1.165, 1.54) is 13.2 Å². The second kappa shape index (κ2) is 10.8. The highest BCUT2D eigenvalue weighted by Crippen LogP contribution is 2.20. The lowest BCUT2D eigenvalue weighted by atomic mass is 10.1. The van der Waals surface area contributed by atoms with Crippen LogP contribution in [0.25, 0.3) is 0 Å². The molecule has 1 heterocycles. The topological polar surface area (TPSA) is 79.9 Å². The summed E-state index contributed by atoms with van der Waals surface area (Å²) < 4.78 is 24.7. The van der Waals surface area contributed by atoms with Gasteiger partial charge >= 0.3 is 0 Å². The zero-order valence-electron chi connectivity index (χ0n) is 17.8. The molecule has 2 aromatic rings. The maximum atomic E-state index is 14.4. The number of piperazine rings is 1. The summed E-state index contributed by atoms with van der Waals surface area (Å²) in [4.78, 5) is 26.8. The van der Waals surface area contributed by atoms with Crippen LogP contribution in [0, 0.1) is 5.82 Å². The number of rotatable bonds is 9. The molecule has 2 aromatic carbocycles. The van der Waals surface area contributed by atoms with E-state index in [2.05, 4.69) is 10.6 Å². The largest absolute Gasteiger partial charge is 0.497 e. The molecule has 8 heteroatoms. The molecule has 0 aliphatic carbocycles. The highest BCUT2D eigenvalue weighted by atomic mass is 19.1. The van der Waals surface area contributed by atoms with Crippen LogP contribution in [-0.2, 0) is 22.6 Å². The van der Waals surface area contributed by atoms with Gasteiger partial charge in [0.25, 0.3) is 0 Å². The molecule has 166 valence electrons. The van der Waals surface area contributed by atoms with E-state index in [-0.39, 0.29) is 24.8 Å². The lowest BCUT2D eigenvalue weighted by molar-refractivity contribution is -0.134. The number of nitrogens with zero attached hydrogens (tertiary/aromatic N) is 1. The lowest BCUT2D eigenvalue weighted by Gasteiger charge is -2.34. The Kier molecular flexibility index (Phi) is 7.83. The molecule has 0 aromatic heterocycles. The number of amides is 2. The van der Waals surface area contributed by atoms with E-state index in [4.69, 9.17) is 9.47 Å². The van der Waals surface area contributed by atoms with Gasteiger partial charge in [0.2, 0.25) is 11.8 Å². The van der Waals surface area contributed by atoms with Crippen LogP contribution in [0.5, 0.6) is 11.5 Å². The SMILES string of the molecule is COc1ccc(CN2CCNC(=O)C2CC(=O)NCCc2ccccc2OC)c(F)c1. The van der Waals surface area contributed by atoms with Crippen LogP contribution in [-0.4, -0.2) is 56.6 Å². The average molecular weight is 429 g/mol. The predicted octanol–water partition coefficient (Wildman–Crippen LogP) is 1.89. The molecule has 0 spiro atoms. The first-order valence-corrected chi connectivity index (χ1v) is 10.2. The van der Waals surface area contributed by atoms with Crippen molar-refractivity contribution < 1.29 is 23.5 Å². The van der Waals surface area contributed by atoms with E-state index in [0.717, 1.165) is 11.3 Å². The Morgan fingerprint density at radius 2 is 2.00 bits per heavy atom. The van der Waals surface area contributed by atoms with E-state index >= 15 is 0 Å². The molecule has 1 aliphatic rings. The lowest BCUT2D eigenvalue weighted by Crippen LogP contribution is -2.56. The zero-order valence-corrected chi connectivity index (χ0v) is 17.8. The van der Waals surface area contributed by atoms with Gasteiger partial charge in [0.1, 0.15) is 17.3 Å². The molecule has 1 saturated heterocycles. The van der Waals surface area contributed by atoms with Crippen molar-refractivity contribution in [3.05, 3.63) is 59.4 Å². The van der Waals surface area contributed by atoms with E-state index in [1.807, 2.05) is 29.2 Å². The summed E-state index contributed by atoms with van der Waals surface area (Å²) in [6.07, 6.45) is 0.628. The molecule has 7 nitrogen and oxygen atoms in total. The van der Waals surface area contributed by atoms with Crippen molar-refractivity contribution in [1.82, 2.24) is 15.5 Å². The van der Waals surface area contributed by atoms with Crippen LogP contribution >= 0.6 is 0 Å². The predicted molar refractivity (Wildman–Crippen MR) is 114 cm³/mol. The fourth-order valence-corrected chi connectivity index (χ4v) is 3.67. The van der Waals surface area contributed by atoms with Gasteiger partial charge in [0, 0.05) is 37.8 Å². The number of ether oxygens (including phenoxy) is 2. The third-order valence-corrected chi connectivity index (χ3v) is 5.36. The number of halogens is 1. The van der Waals surface area contributed by atoms with Gasteiger partial charge in [0.15, 0.2) is 0 Å². The molecule has 31 heavy (non-hydrogen) atoms. The van der Waals surface area contributed by atoms with Gasteiger partial charge in [-0.25, -0.2) is 4.39 Å². The summed E-state index contributed by atoms with van der Waals surface area (Å²) in [6.45, 7) is 1.67. The second-order valence-electron chi connectivity index (χ2n) is 7.35. The van der Waals surface area contributed by atoms with Crippen molar-refractivity contribution >= 4 is 11.8 Å². The molecular weight excluding hydrogens is 401 g/mol. The van der Waals surface area contributed by atoms with Gasteiger partial charge < -0.3 is 20.1 Å². The smallest absolute Gasteiger partial charge is 0.237 e. The molecule has 1 unspecified atom stereocenters. The van der Waals surface area contributed by atoms with E-state index in [1.54, 1.807) is 19.2 Å². The fourth-order valence-electron chi connectivity index (χ4n) is 3.67. The summed E-state index contributed by atoms with van der Waals surface area (Å²) in [5.74, 6) is 0.363. The third kappa shape index (κ3) is 5.95. The first-order chi connectivity index (χ1) is 15.0. The minimum atomic E-state index is -0.651. The average Bonchev–Trinajstić information content (AvgIpc) is 2.77. The van der Waals surface area contributed by atoms with E-state index in [0.29, 0.717) is 37.4 Å². The standard InChI is InChI=1S/C23H28FN3O4/c1-30-18-8-7-17(19(24)13-18)15-27-12-11-26-23(29)20(27)14-22(28)25-10-9-16-5-3-4-6-21(16)31-2/h3-8,13,20H,9-12,14-15H2,1-2H3,(H,25,28)(H,26,29). The molecule has 2 amide bonds. The number of para-hydroxylation sites is 1. The van der Waals surface area contributed by atoms with Gasteiger partial charge in [0.05, 0.1) is 26.7 Å². The van der Waals surface area contributed by atoms with Gasteiger partial charge in [-0.05, 0) is 24.1 Å². The van der Waals surface area contributed by atoms with Crippen molar-refractivity contribution in [3.8, 4) is 11.5 Å². The number of hydrogen-bond donors (Lipinski definition) is 2. The highest BCUT2D eigenvalue weighted by molar-refractivity contribution is 5.88. The van der Waals surface area contributed by atoms with Gasteiger partial charge in [-0.3, -0.25) is 14.5 Å². The molecule has 0 radical (unpaired) electrons. The summed E-state index contributed by atoms with van der Waals surface area (Å²) >= 11 is 0. The quantitative estimate of drug-likeness (QED) is 0.637. The van der Waals surface area contributed by atoms with E-state index in [9.17, 15) is 14.0 Å². The van der Waals surface area contributed by atoms with Crippen molar-refractivity contribution in [2.45, 2.75) is 25.4 Å². The fraction of sp³-hybridized carbons (Fsp3) is 0.391. The van der Waals surface area contributed by atoms with Crippen molar-refractivity contribution in [1.29, 1.82) is 0 Å². The van der Waals surface area contributed by atoms with Crippen LogP contribution in [0.1, 0.15) is 17.5 Å². The molecular formula is C23H28FN3O4. The van der Waals surface area contributed by atoms with Gasteiger partial charge in [-0.2, -0.15) is 0 Å². The minimum absolute atomic E-state index is 0.00946. The molecule has 3 rings (SSSR count). The monoisotopic (exact) mass is 429 g/mol. The van der Waals surface area contributed by atoms with Gasteiger partial charge in [-0.15, -0.1) is 0 Å². The summed E-state index contributed by atoms with van der Waals surface area (Å²) in [7, 11) is 3.09. The molecule has 2 N–H and O–H groups in total. The van der Waals surface area contributed by atoms with Gasteiger partial charge in [-0.1, -0.05) is 24.3 Å². The first-order valence-electron chi connectivity index (χ1n) is 10.2. The van der Waals surface area contributed by atoms with Crippen LogP contribution in [0.2, 0.25) is 0 Å². The molecule has 0 bridgehead atoms. The van der Waals surface area contributed by atoms with Crippen molar-refractivity contribution in [2.75, 3.05) is 33.9 Å². The number of benzene rings is 2. The Balaban J connectivity index is 1.58. The summed E-state index contributed by atoms with van der Waals surface area (Å²) in [6, 6.07) is 11.6. The Hall–Kier alpha value is -3.13. The Morgan fingerprint density at radius 1 is 1.19 bits per heavy atom. The number of carbonyl (C=O) groups is 2. The molecule has 0 saturated carbocycles. The zero-order chi connectivity index (χ0) is 22.2. The molecule has 1 atom stereocenters. The Morgan fingerprint density at radius 3 is 2.74 bits per heavy atom. The van der Waals surface area contributed by atoms with Crippen LogP contribution in [0.3, 0.4) is 0 Å². The summed E-state index contributed by atoms with van der Waals surface area (Å²) in [5.41, 5.74) is 1.45. The van der Waals surface area contributed by atoms with Crippen LogP contribution < -0.4 is 20.1 Å². The number of nitrogens with one attached hydrogen (secondary N) is 2. The molecule has 1 aliphatic heterocycles. The maximum Gasteiger partial charge on any atom is 0.237 e. The van der Waals surface area contributed by atoms with Crippen LogP contribution in [0.15, 0.2) is 42.5 Å². The second-order valence-corrected chi connectivity index (χ2v) is 7.35. The number of hydrogen-bond acceptors (Lipinski definition) is 5. The maximum absolute atomic E-state index is 14.4. The Labute approximate surface area is 181 Å². The van der Waals surface area contributed by atoms with Crippen molar-refractivity contribution in [2.24, 2.45) is 0 Å². The normalized spacial score (nSPS) is 16.5. The highest BCUT2D eigenvalue weighted by Gasteiger charge is 2.32. The molecule has 1 fully saturated rings. The first kappa shape index (κ1) is 22.6. The Bertz CT molecular complexity index is 921. The van der Waals surface area contributed by atoms with Crippen LogP contribution in [0.4, 0.5) is 4.39 Å².